The second-order valence-corrected chi connectivity index (χ2v) is 4.00. The Morgan fingerprint density at radius 1 is 1.36 bits per heavy atom. The lowest BCUT2D eigenvalue weighted by molar-refractivity contribution is -0.0155. The SMILES string of the molecule is CC(C)(C)OCc1c[nH]c(=O)[nH]c1=O. The molecule has 0 bridgehead atoms. The standard InChI is InChI=1S/C9H14N2O3/c1-9(2,3)14-5-6-4-10-8(13)11-7(6)12/h4H,5H2,1-3H3,(H2,10,11,12,13). The van der Waals surface area contributed by atoms with Gasteiger partial charge in [-0.1, -0.05) is 0 Å². The fourth-order valence-electron chi connectivity index (χ4n) is 0.839. The number of aromatic amines is 2. The molecule has 0 saturated heterocycles. The van der Waals surface area contributed by atoms with Gasteiger partial charge in [0.25, 0.3) is 5.56 Å². The highest BCUT2D eigenvalue weighted by Crippen LogP contribution is 2.08. The molecule has 2 N–H and O–H groups in total. The summed E-state index contributed by atoms with van der Waals surface area (Å²) in [6, 6.07) is 0. The summed E-state index contributed by atoms with van der Waals surface area (Å²) in [6.07, 6.45) is 1.37. The number of nitrogens with one attached hydrogen (secondary N) is 2. The minimum absolute atomic E-state index is 0.190. The van der Waals surface area contributed by atoms with Gasteiger partial charge < -0.3 is 9.72 Å². The monoisotopic (exact) mass is 198 g/mol. The van der Waals surface area contributed by atoms with E-state index >= 15 is 0 Å². The fraction of sp³-hybridized carbons (Fsp3) is 0.556. The van der Waals surface area contributed by atoms with Crippen molar-refractivity contribution in [2.45, 2.75) is 33.0 Å². The molecule has 0 radical (unpaired) electrons. The second-order valence-electron chi connectivity index (χ2n) is 4.00. The molecule has 0 spiro atoms. The Hall–Kier alpha value is -1.36. The quantitative estimate of drug-likeness (QED) is 0.721. The van der Waals surface area contributed by atoms with Crippen LogP contribution in [0.4, 0.5) is 0 Å². The smallest absolute Gasteiger partial charge is 0.325 e. The zero-order valence-electron chi connectivity index (χ0n) is 8.51. The molecule has 0 aliphatic heterocycles. The predicted molar refractivity (Wildman–Crippen MR) is 52.2 cm³/mol. The van der Waals surface area contributed by atoms with Gasteiger partial charge in [-0.2, -0.15) is 0 Å². The number of rotatable bonds is 2. The number of hydrogen-bond donors (Lipinski definition) is 2. The molecular weight excluding hydrogens is 184 g/mol. The van der Waals surface area contributed by atoms with Gasteiger partial charge in [-0.3, -0.25) is 9.78 Å². The van der Waals surface area contributed by atoms with Gasteiger partial charge in [0.15, 0.2) is 0 Å². The number of hydrogen-bond acceptors (Lipinski definition) is 3. The summed E-state index contributed by atoms with van der Waals surface area (Å²) < 4.78 is 5.39. The lowest BCUT2D eigenvalue weighted by Gasteiger charge is -2.18. The molecular formula is C9H14N2O3. The van der Waals surface area contributed by atoms with Gasteiger partial charge in [-0.05, 0) is 20.8 Å². The Labute approximate surface area is 81.1 Å². The van der Waals surface area contributed by atoms with Crippen LogP contribution in [0.2, 0.25) is 0 Å². The second kappa shape index (κ2) is 3.79. The number of aromatic nitrogens is 2. The van der Waals surface area contributed by atoms with Crippen LogP contribution in [0.25, 0.3) is 0 Å². The molecule has 0 atom stereocenters. The first-order chi connectivity index (χ1) is 6.38. The van der Waals surface area contributed by atoms with E-state index in [0.717, 1.165) is 0 Å². The van der Waals surface area contributed by atoms with Crippen LogP contribution in [-0.2, 0) is 11.3 Å². The predicted octanol–water partition coefficient (Wildman–Crippen LogP) is 0.378. The van der Waals surface area contributed by atoms with Crippen LogP contribution in [0.15, 0.2) is 15.8 Å². The average Bonchev–Trinajstić information content (AvgIpc) is 2.00. The zero-order valence-corrected chi connectivity index (χ0v) is 8.51. The van der Waals surface area contributed by atoms with Gasteiger partial charge in [0, 0.05) is 6.20 Å². The van der Waals surface area contributed by atoms with Gasteiger partial charge in [0.05, 0.1) is 17.8 Å². The van der Waals surface area contributed by atoms with E-state index in [-0.39, 0.29) is 12.2 Å². The van der Waals surface area contributed by atoms with Crippen LogP contribution < -0.4 is 11.2 Å². The van der Waals surface area contributed by atoms with Crippen LogP contribution in [0.3, 0.4) is 0 Å². The molecule has 5 nitrogen and oxygen atoms in total. The van der Waals surface area contributed by atoms with Crippen molar-refractivity contribution in [1.29, 1.82) is 0 Å². The molecule has 0 aliphatic carbocycles. The zero-order chi connectivity index (χ0) is 10.8. The van der Waals surface area contributed by atoms with Crippen LogP contribution in [-0.4, -0.2) is 15.6 Å². The van der Waals surface area contributed by atoms with E-state index in [1.807, 2.05) is 20.8 Å². The van der Waals surface area contributed by atoms with Crippen molar-refractivity contribution in [3.63, 3.8) is 0 Å². The summed E-state index contributed by atoms with van der Waals surface area (Å²) >= 11 is 0. The molecule has 14 heavy (non-hydrogen) atoms. The largest absolute Gasteiger partial charge is 0.371 e. The maximum atomic E-state index is 11.2. The maximum Gasteiger partial charge on any atom is 0.325 e. The van der Waals surface area contributed by atoms with Crippen molar-refractivity contribution in [2.24, 2.45) is 0 Å². The molecule has 1 rings (SSSR count). The van der Waals surface area contributed by atoms with Crippen molar-refractivity contribution in [3.05, 3.63) is 32.6 Å². The Bertz CT molecular complexity index is 411. The summed E-state index contributed by atoms with van der Waals surface area (Å²) in [5.74, 6) is 0. The van der Waals surface area contributed by atoms with Crippen molar-refractivity contribution >= 4 is 0 Å². The van der Waals surface area contributed by atoms with E-state index in [1.54, 1.807) is 0 Å². The van der Waals surface area contributed by atoms with Gasteiger partial charge in [-0.15, -0.1) is 0 Å². The first-order valence-corrected chi connectivity index (χ1v) is 4.33. The third-order valence-electron chi connectivity index (χ3n) is 1.56. The highest BCUT2D eigenvalue weighted by atomic mass is 16.5. The fourth-order valence-corrected chi connectivity index (χ4v) is 0.839. The summed E-state index contributed by atoms with van der Waals surface area (Å²) in [4.78, 5) is 26.4. The lowest BCUT2D eigenvalue weighted by atomic mass is 10.2. The Morgan fingerprint density at radius 2 is 2.00 bits per heavy atom. The molecule has 1 aromatic rings. The van der Waals surface area contributed by atoms with Crippen molar-refractivity contribution in [1.82, 2.24) is 9.97 Å². The molecule has 1 heterocycles. The first kappa shape index (κ1) is 10.7. The Morgan fingerprint density at radius 3 is 2.50 bits per heavy atom. The maximum absolute atomic E-state index is 11.2. The van der Waals surface area contributed by atoms with Gasteiger partial charge >= 0.3 is 5.69 Å². The minimum atomic E-state index is -0.505. The van der Waals surface area contributed by atoms with Crippen LogP contribution in [0.5, 0.6) is 0 Å². The molecule has 0 unspecified atom stereocenters. The minimum Gasteiger partial charge on any atom is -0.371 e. The van der Waals surface area contributed by atoms with E-state index in [9.17, 15) is 9.59 Å². The molecule has 5 heteroatoms. The Balaban J connectivity index is 2.79. The van der Waals surface area contributed by atoms with Gasteiger partial charge in [0.2, 0.25) is 0 Å². The van der Waals surface area contributed by atoms with Crippen molar-refractivity contribution < 1.29 is 4.74 Å². The summed E-state index contributed by atoms with van der Waals surface area (Å²) in [6.45, 7) is 5.88. The third-order valence-corrected chi connectivity index (χ3v) is 1.56. The summed E-state index contributed by atoms with van der Waals surface area (Å²) in [7, 11) is 0. The molecule has 0 aliphatic rings. The van der Waals surface area contributed by atoms with Gasteiger partial charge in [-0.25, -0.2) is 4.79 Å². The molecule has 0 saturated carbocycles. The van der Waals surface area contributed by atoms with E-state index in [0.29, 0.717) is 5.56 Å². The van der Waals surface area contributed by atoms with Gasteiger partial charge in [0.1, 0.15) is 0 Å². The lowest BCUT2D eigenvalue weighted by Crippen LogP contribution is -2.27. The molecule has 78 valence electrons. The summed E-state index contributed by atoms with van der Waals surface area (Å²) in [5, 5.41) is 0. The van der Waals surface area contributed by atoms with Crippen LogP contribution in [0.1, 0.15) is 26.3 Å². The van der Waals surface area contributed by atoms with E-state index in [4.69, 9.17) is 4.74 Å². The highest BCUT2D eigenvalue weighted by molar-refractivity contribution is 5.01. The molecule has 0 aromatic carbocycles. The normalized spacial score (nSPS) is 11.6. The Kier molecular flexibility index (Phi) is 2.90. The number of H-pyrrole nitrogens is 2. The summed E-state index contributed by atoms with van der Waals surface area (Å²) in [5.41, 5.74) is -0.796. The van der Waals surface area contributed by atoms with Crippen LogP contribution in [0, 0.1) is 0 Å². The van der Waals surface area contributed by atoms with Crippen molar-refractivity contribution in [2.75, 3.05) is 0 Å². The van der Waals surface area contributed by atoms with Crippen LogP contribution >= 0.6 is 0 Å². The van der Waals surface area contributed by atoms with Crippen molar-refractivity contribution in [3.8, 4) is 0 Å². The molecule has 0 fully saturated rings. The third kappa shape index (κ3) is 3.18. The highest BCUT2D eigenvalue weighted by Gasteiger charge is 2.11. The molecule has 0 amide bonds. The van der Waals surface area contributed by atoms with E-state index in [1.165, 1.54) is 6.20 Å². The first-order valence-electron chi connectivity index (χ1n) is 4.33. The topological polar surface area (TPSA) is 75.0 Å². The molecule has 1 aromatic heterocycles. The number of ether oxygens (including phenoxy) is 1. The van der Waals surface area contributed by atoms with E-state index in [2.05, 4.69) is 9.97 Å². The van der Waals surface area contributed by atoms with E-state index < -0.39 is 11.2 Å². The average molecular weight is 198 g/mol.